The number of aliphatic hydroxyl groups excluding tert-OH is 1. The molecule has 1 saturated heterocycles. The maximum absolute atomic E-state index is 13.6. The summed E-state index contributed by atoms with van der Waals surface area (Å²) in [6.07, 6.45) is 2.28. The number of benzene rings is 3. The fraction of sp³-hybridized carbons (Fsp3) is 0.333. The van der Waals surface area contributed by atoms with Crippen LogP contribution in [0.3, 0.4) is 0 Å². The SMILES string of the molecule is OCCCN1CCC(C(O)(c2ccccc2)c2ccccc2)CC1c1ccc(F)cc1. The fourth-order valence-corrected chi connectivity index (χ4v) is 4.99. The summed E-state index contributed by atoms with van der Waals surface area (Å²) in [6, 6.07) is 26.6. The Hall–Kier alpha value is -2.53. The van der Waals surface area contributed by atoms with Gasteiger partial charge in [-0.15, -0.1) is 0 Å². The van der Waals surface area contributed by atoms with Crippen molar-refractivity contribution in [2.24, 2.45) is 5.92 Å². The third-order valence-corrected chi connectivity index (χ3v) is 6.59. The van der Waals surface area contributed by atoms with E-state index >= 15 is 0 Å². The lowest BCUT2D eigenvalue weighted by atomic mass is 9.70. The Kier molecular flexibility index (Phi) is 6.81. The third-order valence-electron chi connectivity index (χ3n) is 6.59. The molecule has 0 aliphatic carbocycles. The Labute approximate surface area is 183 Å². The second kappa shape index (κ2) is 9.73. The number of nitrogens with zero attached hydrogens (tertiary/aromatic N) is 1. The molecule has 0 aromatic heterocycles. The number of hydrogen-bond acceptors (Lipinski definition) is 3. The number of likely N-dealkylation sites (tertiary alicyclic amines) is 1. The molecule has 0 saturated carbocycles. The summed E-state index contributed by atoms with van der Waals surface area (Å²) in [5, 5.41) is 21.6. The van der Waals surface area contributed by atoms with Gasteiger partial charge in [0.2, 0.25) is 0 Å². The van der Waals surface area contributed by atoms with Crippen LogP contribution < -0.4 is 0 Å². The van der Waals surface area contributed by atoms with E-state index in [4.69, 9.17) is 0 Å². The number of halogens is 1. The molecule has 1 aliphatic rings. The Morgan fingerprint density at radius 3 is 2.00 bits per heavy atom. The zero-order valence-corrected chi connectivity index (χ0v) is 17.7. The molecule has 2 unspecified atom stereocenters. The lowest BCUT2D eigenvalue weighted by Crippen LogP contribution is -2.46. The average molecular weight is 420 g/mol. The predicted molar refractivity (Wildman–Crippen MR) is 121 cm³/mol. The summed E-state index contributed by atoms with van der Waals surface area (Å²) in [7, 11) is 0. The van der Waals surface area contributed by atoms with Gasteiger partial charge < -0.3 is 10.2 Å². The van der Waals surface area contributed by atoms with E-state index in [-0.39, 0.29) is 24.4 Å². The minimum atomic E-state index is -1.11. The van der Waals surface area contributed by atoms with E-state index in [0.29, 0.717) is 6.42 Å². The molecule has 3 aromatic rings. The monoisotopic (exact) mass is 419 g/mol. The van der Waals surface area contributed by atoms with Crippen molar-refractivity contribution in [2.75, 3.05) is 19.7 Å². The molecule has 0 radical (unpaired) electrons. The van der Waals surface area contributed by atoms with Crippen LogP contribution in [0.15, 0.2) is 84.9 Å². The first-order valence-electron chi connectivity index (χ1n) is 11.1. The molecule has 1 aliphatic heterocycles. The first-order chi connectivity index (χ1) is 15.1. The molecule has 4 rings (SSSR count). The summed E-state index contributed by atoms with van der Waals surface area (Å²) >= 11 is 0. The molecule has 1 fully saturated rings. The highest BCUT2D eigenvalue weighted by Crippen LogP contribution is 2.46. The Balaban J connectivity index is 1.72. The van der Waals surface area contributed by atoms with E-state index in [0.717, 1.165) is 42.6 Å². The van der Waals surface area contributed by atoms with Crippen molar-refractivity contribution in [1.29, 1.82) is 0 Å². The molecule has 2 atom stereocenters. The van der Waals surface area contributed by atoms with Gasteiger partial charge in [0.05, 0.1) is 0 Å². The quantitative estimate of drug-likeness (QED) is 0.573. The van der Waals surface area contributed by atoms with Gasteiger partial charge in [0.25, 0.3) is 0 Å². The molecule has 0 amide bonds. The first kappa shape index (κ1) is 21.7. The third kappa shape index (κ3) is 4.57. The van der Waals surface area contributed by atoms with E-state index in [1.807, 2.05) is 72.8 Å². The van der Waals surface area contributed by atoms with Crippen LogP contribution >= 0.6 is 0 Å². The van der Waals surface area contributed by atoms with Crippen molar-refractivity contribution in [3.8, 4) is 0 Å². The molecule has 31 heavy (non-hydrogen) atoms. The summed E-state index contributed by atoms with van der Waals surface area (Å²) in [5.74, 6) is -0.249. The van der Waals surface area contributed by atoms with Crippen LogP contribution in [-0.2, 0) is 5.60 Å². The lowest BCUT2D eigenvalue weighted by Gasteiger charge is -2.46. The maximum atomic E-state index is 13.6. The number of hydrogen-bond donors (Lipinski definition) is 2. The summed E-state index contributed by atoms with van der Waals surface area (Å²) < 4.78 is 13.6. The van der Waals surface area contributed by atoms with Crippen molar-refractivity contribution < 1.29 is 14.6 Å². The maximum Gasteiger partial charge on any atom is 0.123 e. The van der Waals surface area contributed by atoms with Crippen LogP contribution in [-0.4, -0.2) is 34.8 Å². The van der Waals surface area contributed by atoms with Crippen molar-refractivity contribution in [3.63, 3.8) is 0 Å². The normalized spacial score (nSPS) is 20.0. The van der Waals surface area contributed by atoms with Gasteiger partial charge in [-0.2, -0.15) is 0 Å². The molecular formula is C27H30FNO2. The van der Waals surface area contributed by atoms with Crippen LogP contribution in [0.2, 0.25) is 0 Å². The molecule has 162 valence electrons. The van der Waals surface area contributed by atoms with E-state index in [9.17, 15) is 14.6 Å². The molecule has 0 spiro atoms. The molecule has 4 heteroatoms. The molecule has 3 aromatic carbocycles. The van der Waals surface area contributed by atoms with Crippen LogP contribution in [0.25, 0.3) is 0 Å². The second-order valence-electron chi connectivity index (χ2n) is 8.40. The topological polar surface area (TPSA) is 43.7 Å². The minimum Gasteiger partial charge on any atom is -0.396 e. The van der Waals surface area contributed by atoms with Gasteiger partial charge >= 0.3 is 0 Å². The number of rotatable bonds is 7. The van der Waals surface area contributed by atoms with Gasteiger partial charge in [-0.1, -0.05) is 72.8 Å². The summed E-state index contributed by atoms with van der Waals surface area (Å²) in [4.78, 5) is 2.36. The van der Waals surface area contributed by atoms with Crippen molar-refractivity contribution in [2.45, 2.75) is 30.9 Å². The van der Waals surface area contributed by atoms with Crippen molar-refractivity contribution >= 4 is 0 Å². The number of piperidine rings is 1. The first-order valence-corrected chi connectivity index (χ1v) is 11.1. The highest BCUT2D eigenvalue weighted by atomic mass is 19.1. The predicted octanol–water partition coefficient (Wildman–Crippen LogP) is 4.90. The zero-order chi connectivity index (χ0) is 21.7. The molecule has 0 bridgehead atoms. The highest BCUT2D eigenvalue weighted by molar-refractivity contribution is 5.37. The van der Waals surface area contributed by atoms with Gasteiger partial charge in [0.1, 0.15) is 11.4 Å². The molecule has 1 heterocycles. The Bertz CT molecular complexity index is 906. The number of aliphatic hydroxyl groups is 2. The van der Waals surface area contributed by atoms with Gasteiger partial charge in [-0.3, -0.25) is 4.90 Å². The van der Waals surface area contributed by atoms with E-state index in [1.54, 1.807) is 0 Å². The highest BCUT2D eigenvalue weighted by Gasteiger charge is 2.44. The van der Waals surface area contributed by atoms with Gasteiger partial charge in [-0.25, -0.2) is 4.39 Å². The smallest absolute Gasteiger partial charge is 0.123 e. The second-order valence-corrected chi connectivity index (χ2v) is 8.40. The lowest BCUT2D eigenvalue weighted by molar-refractivity contribution is -0.0323. The average Bonchev–Trinajstić information content (AvgIpc) is 2.84. The van der Waals surface area contributed by atoms with Crippen LogP contribution in [0.1, 0.15) is 42.0 Å². The minimum absolute atomic E-state index is 0.00210. The Morgan fingerprint density at radius 1 is 0.871 bits per heavy atom. The van der Waals surface area contributed by atoms with E-state index < -0.39 is 5.60 Å². The van der Waals surface area contributed by atoms with Crippen molar-refractivity contribution in [3.05, 3.63) is 107 Å². The molecule has 3 nitrogen and oxygen atoms in total. The zero-order valence-electron chi connectivity index (χ0n) is 17.7. The van der Waals surface area contributed by atoms with Crippen molar-refractivity contribution in [1.82, 2.24) is 4.90 Å². The fourth-order valence-electron chi connectivity index (χ4n) is 4.99. The van der Waals surface area contributed by atoms with Crippen LogP contribution in [0, 0.1) is 11.7 Å². The Morgan fingerprint density at radius 2 is 1.45 bits per heavy atom. The molecule has 2 N–H and O–H groups in total. The summed E-state index contributed by atoms with van der Waals surface area (Å²) in [5.41, 5.74) is 1.73. The van der Waals surface area contributed by atoms with Gasteiger partial charge in [0, 0.05) is 19.2 Å². The van der Waals surface area contributed by atoms with E-state index in [1.165, 1.54) is 12.1 Å². The van der Waals surface area contributed by atoms with Gasteiger partial charge in [-0.05, 0) is 60.5 Å². The van der Waals surface area contributed by atoms with Gasteiger partial charge in [0.15, 0.2) is 0 Å². The summed E-state index contributed by atoms with van der Waals surface area (Å²) in [6.45, 7) is 1.74. The van der Waals surface area contributed by atoms with Crippen LogP contribution in [0.5, 0.6) is 0 Å². The van der Waals surface area contributed by atoms with E-state index in [2.05, 4.69) is 4.90 Å². The molecular weight excluding hydrogens is 389 g/mol. The standard InChI is InChI=1S/C27H30FNO2/c28-25-14-12-21(13-15-25)26-20-24(16-18-29(26)17-7-19-30)27(31,22-8-3-1-4-9-22)23-10-5-2-6-11-23/h1-6,8-15,24,26,30-31H,7,16-20H2. The largest absolute Gasteiger partial charge is 0.396 e. The van der Waals surface area contributed by atoms with Crippen LogP contribution in [0.4, 0.5) is 4.39 Å².